The molecule has 0 saturated carbocycles. The Morgan fingerprint density at radius 3 is 2.88 bits per heavy atom. The van der Waals surface area contributed by atoms with Crippen LogP contribution >= 0.6 is 11.5 Å². The van der Waals surface area contributed by atoms with Gasteiger partial charge in [-0.05, 0) is 0 Å². The Kier molecular flexibility index (Phi) is 4.15. The van der Waals surface area contributed by atoms with E-state index >= 15 is 0 Å². The molecule has 0 bridgehead atoms. The van der Waals surface area contributed by atoms with Crippen LogP contribution in [0, 0.1) is 0 Å². The van der Waals surface area contributed by atoms with Gasteiger partial charge in [0, 0.05) is 25.1 Å². The molecule has 0 amide bonds. The Morgan fingerprint density at radius 1 is 1.69 bits per heavy atom. The van der Waals surface area contributed by atoms with Crippen LogP contribution in [0.15, 0.2) is 6.20 Å². The standard InChI is InChI=1S/C6H10N4O4S2/c1-10(3-2-6(11)12)16(13,14)8-5-4-7-9-15-5/h4,8H,2-3H2,1H3,(H,11,12). The van der Waals surface area contributed by atoms with Gasteiger partial charge in [-0.15, -0.1) is 5.10 Å². The van der Waals surface area contributed by atoms with Crippen molar-refractivity contribution in [3.63, 3.8) is 0 Å². The molecule has 90 valence electrons. The van der Waals surface area contributed by atoms with E-state index < -0.39 is 16.2 Å². The fourth-order valence-electron chi connectivity index (χ4n) is 0.790. The summed E-state index contributed by atoms with van der Waals surface area (Å²) in [7, 11) is -2.44. The molecule has 1 heterocycles. The fraction of sp³-hybridized carbons (Fsp3) is 0.500. The third-order valence-electron chi connectivity index (χ3n) is 1.64. The highest BCUT2D eigenvalue weighted by Gasteiger charge is 2.18. The zero-order chi connectivity index (χ0) is 12.2. The van der Waals surface area contributed by atoms with Gasteiger partial charge in [-0.1, -0.05) is 4.49 Å². The van der Waals surface area contributed by atoms with Crippen molar-refractivity contribution in [1.29, 1.82) is 0 Å². The Labute approximate surface area is 96.2 Å². The molecule has 8 nitrogen and oxygen atoms in total. The largest absolute Gasteiger partial charge is 0.481 e. The molecule has 1 aromatic rings. The monoisotopic (exact) mass is 266 g/mol. The third kappa shape index (κ3) is 3.72. The topological polar surface area (TPSA) is 112 Å². The van der Waals surface area contributed by atoms with Crippen LogP contribution in [0.5, 0.6) is 0 Å². The molecule has 0 fully saturated rings. The van der Waals surface area contributed by atoms with E-state index in [-0.39, 0.29) is 18.0 Å². The van der Waals surface area contributed by atoms with Gasteiger partial charge in [0.05, 0.1) is 12.6 Å². The maximum Gasteiger partial charge on any atom is 0.304 e. The normalized spacial score (nSPS) is 11.6. The lowest BCUT2D eigenvalue weighted by atomic mass is 10.4. The van der Waals surface area contributed by atoms with Crippen LogP contribution in [0.4, 0.5) is 5.00 Å². The number of rotatable bonds is 6. The number of nitrogens with one attached hydrogen (secondary N) is 1. The highest BCUT2D eigenvalue weighted by Crippen LogP contribution is 2.13. The molecule has 1 aromatic heterocycles. The molecule has 0 spiro atoms. The van der Waals surface area contributed by atoms with E-state index in [1.165, 1.54) is 13.2 Å². The number of hydrogen-bond donors (Lipinski definition) is 2. The number of aromatic nitrogens is 2. The highest BCUT2D eigenvalue weighted by atomic mass is 32.2. The summed E-state index contributed by atoms with van der Waals surface area (Å²) in [5.41, 5.74) is 0. The quantitative estimate of drug-likeness (QED) is 0.724. The second-order valence-corrected chi connectivity index (χ2v) is 5.42. The fourth-order valence-corrected chi connectivity index (χ4v) is 2.33. The average molecular weight is 266 g/mol. The van der Waals surface area contributed by atoms with Gasteiger partial charge in [0.15, 0.2) is 0 Å². The smallest absolute Gasteiger partial charge is 0.304 e. The molecular weight excluding hydrogens is 256 g/mol. The highest BCUT2D eigenvalue weighted by molar-refractivity contribution is 7.90. The Bertz CT molecular complexity index is 443. The first kappa shape index (κ1) is 12.8. The third-order valence-corrected chi connectivity index (χ3v) is 3.83. The lowest BCUT2D eigenvalue weighted by molar-refractivity contribution is -0.137. The van der Waals surface area contributed by atoms with Gasteiger partial charge in [-0.25, -0.2) is 0 Å². The first-order chi connectivity index (χ1) is 7.42. The lowest BCUT2D eigenvalue weighted by Crippen LogP contribution is -2.33. The number of aliphatic carboxylic acids is 1. The predicted molar refractivity (Wildman–Crippen MR) is 57.3 cm³/mol. The number of carbonyl (C=O) groups is 1. The minimum absolute atomic E-state index is 0.100. The number of anilines is 1. The molecule has 16 heavy (non-hydrogen) atoms. The lowest BCUT2D eigenvalue weighted by Gasteiger charge is -2.15. The van der Waals surface area contributed by atoms with Crippen LogP contribution in [0.2, 0.25) is 0 Å². The van der Waals surface area contributed by atoms with Gasteiger partial charge in [0.1, 0.15) is 5.00 Å². The van der Waals surface area contributed by atoms with Gasteiger partial charge in [-0.3, -0.25) is 9.52 Å². The first-order valence-corrected chi connectivity index (χ1v) is 6.36. The summed E-state index contributed by atoms with van der Waals surface area (Å²) in [6.45, 7) is -0.100. The van der Waals surface area contributed by atoms with E-state index in [9.17, 15) is 13.2 Å². The van der Waals surface area contributed by atoms with Gasteiger partial charge < -0.3 is 5.11 Å². The minimum atomic E-state index is -3.73. The molecule has 1 rings (SSSR count). The van der Waals surface area contributed by atoms with Crippen molar-refractivity contribution in [2.75, 3.05) is 18.3 Å². The molecule has 0 saturated heterocycles. The first-order valence-electron chi connectivity index (χ1n) is 4.15. The second kappa shape index (κ2) is 5.18. The Morgan fingerprint density at radius 2 is 2.38 bits per heavy atom. The zero-order valence-electron chi connectivity index (χ0n) is 8.32. The SMILES string of the molecule is CN(CCC(=O)O)S(=O)(=O)Nc1cnns1. The van der Waals surface area contributed by atoms with Crippen molar-refractivity contribution in [1.82, 2.24) is 13.9 Å². The van der Waals surface area contributed by atoms with E-state index in [1.54, 1.807) is 0 Å². The molecule has 0 atom stereocenters. The van der Waals surface area contributed by atoms with Crippen LogP contribution < -0.4 is 4.72 Å². The van der Waals surface area contributed by atoms with Crippen molar-refractivity contribution in [3.8, 4) is 0 Å². The Balaban J connectivity index is 2.59. The van der Waals surface area contributed by atoms with Crippen LogP contribution in [0.3, 0.4) is 0 Å². The van der Waals surface area contributed by atoms with Gasteiger partial charge >= 0.3 is 16.2 Å². The van der Waals surface area contributed by atoms with E-state index in [0.717, 1.165) is 15.8 Å². The van der Waals surface area contributed by atoms with E-state index in [4.69, 9.17) is 5.11 Å². The molecule has 0 radical (unpaired) electrons. The number of carboxylic acid groups (broad SMARTS) is 1. The predicted octanol–water partition coefficient (Wildman–Crippen LogP) is -0.399. The molecule has 0 aliphatic rings. The van der Waals surface area contributed by atoms with Crippen molar-refractivity contribution in [2.45, 2.75) is 6.42 Å². The van der Waals surface area contributed by atoms with Gasteiger partial charge in [0.2, 0.25) is 0 Å². The summed E-state index contributed by atoms with van der Waals surface area (Å²) in [6, 6.07) is 0. The maximum atomic E-state index is 11.6. The Hall–Kier alpha value is -1.26. The van der Waals surface area contributed by atoms with Crippen molar-refractivity contribution in [3.05, 3.63) is 6.20 Å². The summed E-state index contributed by atoms with van der Waals surface area (Å²) >= 11 is 0.897. The summed E-state index contributed by atoms with van der Waals surface area (Å²) < 4.78 is 29.8. The maximum absolute atomic E-state index is 11.6. The molecule has 0 aliphatic carbocycles. The van der Waals surface area contributed by atoms with Crippen molar-refractivity contribution < 1.29 is 18.3 Å². The molecule has 0 aromatic carbocycles. The number of carboxylic acids is 1. The minimum Gasteiger partial charge on any atom is -0.481 e. The van der Waals surface area contributed by atoms with E-state index in [1.807, 2.05) is 0 Å². The molecule has 2 N–H and O–H groups in total. The number of nitrogens with zero attached hydrogens (tertiary/aromatic N) is 3. The van der Waals surface area contributed by atoms with E-state index in [2.05, 4.69) is 14.3 Å². The summed E-state index contributed by atoms with van der Waals surface area (Å²) in [4.78, 5) is 10.3. The van der Waals surface area contributed by atoms with Crippen LogP contribution in [-0.2, 0) is 15.0 Å². The number of hydrogen-bond acceptors (Lipinski definition) is 6. The van der Waals surface area contributed by atoms with Crippen LogP contribution in [0.1, 0.15) is 6.42 Å². The van der Waals surface area contributed by atoms with Gasteiger partial charge in [-0.2, -0.15) is 12.7 Å². The van der Waals surface area contributed by atoms with Crippen molar-refractivity contribution >= 4 is 32.7 Å². The summed E-state index contributed by atoms with van der Waals surface area (Å²) in [5, 5.41) is 12.2. The molecular formula is C6H10N4O4S2. The van der Waals surface area contributed by atoms with Crippen LogP contribution in [0.25, 0.3) is 0 Å². The van der Waals surface area contributed by atoms with Gasteiger partial charge in [0.25, 0.3) is 0 Å². The van der Waals surface area contributed by atoms with Crippen LogP contribution in [-0.4, -0.2) is 47.0 Å². The van der Waals surface area contributed by atoms with Crippen molar-refractivity contribution in [2.24, 2.45) is 0 Å². The zero-order valence-corrected chi connectivity index (χ0v) is 9.95. The molecule has 10 heteroatoms. The molecule has 0 aliphatic heterocycles. The summed E-state index contributed by atoms with van der Waals surface area (Å²) in [6.07, 6.45) is 1.02. The second-order valence-electron chi connectivity index (χ2n) is 2.85. The van der Waals surface area contributed by atoms with E-state index in [0.29, 0.717) is 0 Å². The summed E-state index contributed by atoms with van der Waals surface area (Å²) in [5.74, 6) is -1.05. The average Bonchev–Trinajstić information content (AvgIpc) is 2.65. The molecule has 0 unspecified atom stereocenters.